The van der Waals surface area contributed by atoms with Crippen LogP contribution in [0.3, 0.4) is 0 Å². The van der Waals surface area contributed by atoms with E-state index in [1.165, 1.54) is 0 Å². The molecule has 1 unspecified atom stereocenters. The van der Waals surface area contributed by atoms with E-state index in [-0.39, 0.29) is 17.6 Å². The van der Waals surface area contributed by atoms with Crippen LogP contribution in [-0.4, -0.2) is 12.1 Å². The van der Waals surface area contributed by atoms with Gasteiger partial charge in [0.1, 0.15) is 12.1 Å². The molecule has 1 fully saturated rings. The highest BCUT2D eigenvalue weighted by molar-refractivity contribution is 5.85. The molecule has 1 aliphatic rings. The van der Waals surface area contributed by atoms with Gasteiger partial charge in [0.05, 0.1) is 0 Å². The van der Waals surface area contributed by atoms with Gasteiger partial charge in [-0.25, -0.2) is 0 Å². The second-order valence-corrected chi connectivity index (χ2v) is 2.91. The summed E-state index contributed by atoms with van der Waals surface area (Å²) in [7, 11) is 0. The molecule has 2 nitrogen and oxygen atoms in total. The molecule has 0 N–H and O–H groups in total. The van der Waals surface area contributed by atoms with Gasteiger partial charge < -0.3 is 4.79 Å². The van der Waals surface area contributed by atoms with Gasteiger partial charge >= 0.3 is 0 Å². The normalized spacial score (nSPS) is 30.4. The monoisotopic (exact) mass is 152 g/mol. The largest absolute Gasteiger partial charge is 0.303 e. The molecule has 0 amide bonds. The fourth-order valence-corrected chi connectivity index (χ4v) is 1.63. The minimum absolute atomic E-state index is 0.0648. The summed E-state index contributed by atoms with van der Waals surface area (Å²) in [4.78, 5) is 21.3. The maximum absolute atomic E-state index is 11.1. The average Bonchev–Trinajstić information content (AvgIpc) is 2.34. The summed E-state index contributed by atoms with van der Waals surface area (Å²) in [6.45, 7) is 3.64. The SMILES string of the molecule is C=CC1CCC(=O)[C@@H]1CC=O. The van der Waals surface area contributed by atoms with Crippen LogP contribution in [0.4, 0.5) is 0 Å². The van der Waals surface area contributed by atoms with Crippen molar-refractivity contribution in [2.75, 3.05) is 0 Å². The lowest BCUT2D eigenvalue weighted by molar-refractivity contribution is -0.123. The maximum atomic E-state index is 11.1. The van der Waals surface area contributed by atoms with E-state index < -0.39 is 0 Å². The zero-order valence-electron chi connectivity index (χ0n) is 6.45. The summed E-state index contributed by atoms with van der Waals surface area (Å²) >= 11 is 0. The van der Waals surface area contributed by atoms with Crippen LogP contribution in [0.5, 0.6) is 0 Å². The molecule has 0 spiro atoms. The molecule has 2 atom stereocenters. The predicted molar refractivity (Wildman–Crippen MR) is 42.1 cm³/mol. The lowest BCUT2D eigenvalue weighted by Gasteiger charge is -2.09. The lowest BCUT2D eigenvalue weighted by Crippen LogP contribution is -2.13. The number of carbonyl (C=O) groups excluding carboxylic acids is 2. The molecule has 0 saturated heterocycles. The molecule has 1 saturated carbocycles. The zero-order chi connectivity index (χ0) is 8.27. The van der Waals surface area contributed by atoms with Crippen molar-refractivity contribution < 1.29 is 9.59 Å². The molecular weight excluding hydrogens is 140 g/mol. The Hall–Kier alpha value is -0.920. The predicted octanol–water partition coefficient (Wildman–Crippen LogP) is 1.36. The Balaban J connectivity index is 2.62. The maximum Gasteiger partial charge on any atom is 0.137 e. The third-order valence-electron chi connectivity index (χ3n) is 2.31. The van der Waals surface area contributed by atoms with Crippen LogP contribution >= 0.6 is 0 Å². The molecule has 2 heteroatoms. The Morgan fingerprint density at radius 2 is 2.36 bits per heavy atom. The zero-order valence-corrected chi connectivity index (χ0v) is 6.45. The van der Waals surface area contributed by atoms with Gasteiger partial charge in [-0.05, 0) is 12.3 Å². The van der Waals surface area contributed by atoms with Crippen LogP contribution in [0.2, 0.25) is 0 Å². The third-order valence-corrected chi connectivity index (χ3v) is 2.31. The minimum atomic E-state index is -0.0648. The van der Waals surface area contributed by atoms with Crippen molar-refractivity contribution in [2.24, 2.45) is 11.8 Å². The first-order valence-electron chi connectivity index (χ1n) is 3.88. The molecule has 1 aliphatic carbocycles. The number of aldehydes is 1. The first-order chi connectivity index (χ1) is 5.29. The fourth-order valence-electron chi connectivity index (χ4n) is 1.63. The van der Waals surface area contributed by atoms with Gasteiger partial charge in [-0.3, -0.25) is 4.79 Å². The van der Waals surface area contributed by atoms with Crippen molar-refractivity contribution >= 4 is 12.1 Å². The molecule has 1 rings (SSSR count). The summed E-state index contributed by atoms with van der Waals surface area (Å²) in [6, 6.07) is 0. The number of carbonyl (C=O) groups is 2. The molecule has 0 bridgehead atoms. The van der Waals surface area contributed by atoms with Crippen LogP contribution in [0, 0.1) is 11.8 Å². The fraction of sp³-hybridized carbons (Fsp3) is 0.556. The molecule has 0 radical (unpaired) electrons. The topological polar surface area (TPSA) is 34.1 Å². The molecule has 60 valence electrons. The highest BCUT2D eigenvalue weighted by Gasteiger charge is 2.31. The molecule has 0 aliphatic heterocycles. The van der Waals surface area contributed by atoms with Gasteiger partial charge in [0.2, 0.25) is 0 Å². The van der Waals surface area contributed by atoms with Gasteiger partial charge in [-0.15, -0.1) is 6.58 Å². The molecule has 11 heavy (non-hydrogen) atoms. The van der Waals surface area contributed by atoms with Gasteiger partial charge in [0.25, 0.3) is 0 Å². The molecule has 0 aromatic rings. The Bertz CT molecular complexity index is 184. The number of Topliss-reactive ketones (excluding diaryl/α,β-unsaturated/α-hetero) is 1. The van der Waals surface area contributed by atoms with E-state index in [9.17, 15) is 9.59 Å². The Labute approximate surface area is 66.3 Å². The standard InChI is InChI=1S/C9H12O2/c1-2-7-3-4-9(11)8(7)5-6-10/h2,6-8H,1,3-5H2/t7?,8-/m1/s1. The van der Waals surface area contributed by atoms with E-state index in [4.69, 9.17) is 0 Å². The lowest BCUT2D eigenvalue weighted by atomic mass is 9.93. The highest BCUT2D eigenvalue weighted by atomic mass is 16.1. The van der Waals surface area contributed by atoms with Crippen LogP contribution in [-0.2, 0) is 9.59 Å². The highest BCUT2D eigenvalue weighted by Crippen LogP contribution is 2.31. The van der Waals surface area contributed by atoms with Crippen LogP contribution in [0.15, 0.2) is 12.7 Å². The minimum Gasteiger partial charge on any atom is -0.303 e. The van der Waals surface area contributed by atoms with Crippen LogP contribution < -0.4 is 0 Å². The van der Waals surface area contributed by atoms with Gasteiger partial charge in [-0.2, -0.15) is 0 Å². The summed E-state index contributed by atoms with van der Waals surface area (Å²) in [6.07, 6.45) is 4.48. The van der Waals surface area contributed by atoms with Gasteiger partial charge in [-0.1, -0.05) is 6.08 Å². The van der Waals surface area contributed by atoms with Crippen molar-refractivity contribution in [1.82, 2.24) is 0 Å². The number of hydrogen-bond donors (Lipinski definition) is 0. The van der Waals surface area contributed by atoms with Crippen molar-refractivity contribution in [3.05, 3.63) is 12.7 Å². The van der Waals surface area contributed by atoms with Crippen molar-refractivity contribution in [3.8, 4) is 0 Å². The molecular formula is C9H12O2. The molecule has 0 aromatic heterocycles. The smallest absolute Gasteiger partial charge is 0.137 e. The summed E-state index contributed by atoms with van der Waals surface area (Å²) in [5.74, 6) is 0.402. The summed E-state index contributed by atoms with van der Waals surface area (Å²) in [5, 5.41) is 0. The van der Waals surface area contributed by atoms with Gasteiger partial charge in [0.15, 0.2) is 0 Å². The van der Waals surface area contributed by atoms with Crippen LogP contribution in [0.1, 0.15) is 19.3 Å². The first-order valence-corrected chi connectivity index (χ1v) is 3.88. The Kier molecular flexibility index (Phi) is 2.58. The average molecular weight is 152 g/mol. The van der Waals surface area contributed by atoms with E-state index in [1.54, 1.807) is 6.08 Å². The Morgan fingerprint density at radius 1 is 1.64 bits per heavy atom. The van der Waals surface area contributed by atoms with Crippen LogP contribution in [0.25, 0.3) is 0 Å². The van der Waals surface area contributed by atoms with Crippen molar-refractivity contribution in [3.63, 3.8) is 0 Å². The van der Waals surface area contributed by atoms with E-state index in [2.05, 4.69) is 6.58 Å². The summed E-state index contributed by atoms with van der Waals surface area (Å²) in [5.41, 5.74) is 0. The number of hydrogen-bond acceptors (Lipinski definition) is 2. The number of ketones is 1. The quantitative estimate of drug-likeness (QED) is 0.452. The second kappa shape index (κ2) is 3.46. The van der Waals surface area contributed by atoms with E-state index in [0.29, 0.717) is 12.8 Å². The summed E-state index contributed by atoms with van der Waals surface area (Å²) < 4.78 is 0. The van der Waals surface area contributed by atoms with Crippen molar-refractivity contribution in [1.29, 1.82) is 0 Å². The van der Waals surface area contributed by atoms with E-state index in [0.717, 1.165) is 12.7 Å². The van der Waals surface area contributed by atoms with Gasteiger partial charge in [0, 0.05) is 18.8 Å². The first kappa shape index (κ1) is 8.18. The van der Waals surface area contributed by atoms with E-state index in [1.807, 2.05) is 0 Å². The number of rotatable bonds is 3. The molecule has 0 aromatic carbocycles. The molecule has 0 heterocycles. The van der Waals surface area contributed by atoms with Crippen molar-refractivity contribution in [2.45, 2.75) is 19.3 Å². The Morgan fingerprint density at radius 3 is 2.91 bits per heavy atom. The second-order valence-electron chi connectivity index (χ2n) is 2.91. The van der Waals surface area contributed by atoms with E-state index >= 15 is 0 Å². The third kappa shape index (κ3) is 1.56. The number of allylic oxidation sites excluding steroid dienone is 1.